The van der Waals surface area contributed by atoms with Crippen LogP contribution < -0.4 is 0 Å². The summed E-state index contributed by atoms with van der Waals surface area (Å²) in [6, 6.07) is 14.7. The molecule has 73 valence electrons. The summed E-state index contributed by atoms with van der Waals surface area (Å²) in [5.74, 6) is 0.390. The molecule has 0 unspecified atom stereocenters. The summed E-state index contributed by atoms with van der Waals surface area (Å²) in [4.78, 5) is 15.6. The third-order valence-corrected chi connectivity index (χ3v) is 1.94. The third-order valence-electron chi connectivity index (χ3n) is 1.94. The van der Waals surface area contributed by atoms with Crippen LogP contribution in [0.15, 0.2) is 54.7 Å². The molecule has 0 aliphatic carbocycles. The maximum atomic E-state index is 11.6. The van der Waals surface area contributed by atoms with Gasteiger partial charge in [0.05, 0.1) is 0 Å². The van der Waals surface area contributed by atoms with Crippen LogP contribution in [0.3, 0.4) is 0 Å². The zero-order chi connectivity index (χ0) is 10.5. The molecule has 1 radical (unpaired) electrons. The maximum absolute atomic E-state index is 11.6. The highest BCUT2D eigenvalue weighted by Crippen LogP contribution is 2.11. The lowest BCUT2D eigenvalue weighted by Gasteiger charge is -1.94. The fourth-order valence-electron chi connectivity index (χ4n) is 1.22. The van der Waals surface area contributed by atoms with Crippen LogP contribution in [0.5, 0.6) is 0 Å². The molecule has 0 saturated carbocycles. The molecule has 1 aromatic carbocycles. The van der Waals surface area contributed by atoms with Gasteiger partial charge in [0, 0.05) is 11.6 Å². The Bertz CT molecular complexity index is 440. The van der Waals surface area contributed by atoms with Crippen LogP contribution in [0.1, 0.15) is 5.56 Å². The van der Waals surface area contributed by atoms with Gasteiger partial charge in [0.1, 0.15) is 6.20 Å². The van der Waals surface area contributed by atoms with Gasteiger partial charge in [-0.1, -0.05) is 41.3 Å². The van der Waals surface area contributed by atoms with E-state index in [9.17, 15) is 4.91 Å². The van der Waals surface area contributed by atoms with Gasteiger partial charge in [-0.05, 0) is 15.8 Å². The van der Waals surface area contributed by atoms with Gasteiger partial charge in [-0.3, -0.25) is 0 Å². The Kier molecular flexibility index (Phi) is 2.83. The van der Waals surface area contributed by atoms with E-state index in [0.717, 1.165) is 10.3 Å². The smallest absolute Gasteiger partial charge is 0.0643 e. The van der Waals surface area contributed by atoms with Gasteiger partial charge in [-0.15, -0.1) is 0 Å². The largest absolute Gasteiger partial charge is 0.361 e. The van der Waals surface area contributed by atoms with Gasteiger partial charge >= 0.3 is 5.82 Å². The highest BCUT2D eigenvalue weighted by molar-refractivity contribution is 5.23. The fourth-order valence-corrected chi connectivity index (χ4v) is 1.22. The van der Waals surface area contributed by atoms with Gasteiger partial charge in [0.25, 0.3) is 0 Å². The summed E-state index contributed by atoms with van der Waals surface area (Å²) in [6.45, 7) is 1.50. The van der Waals surface area contributed by atoms with Crippen molar-refractivity contribution < 1.29 is 4.76 Å². The average Bonchev–Trinajstić information content (AvgIpc) is 2.31. The van der Waals surface area contributed by atoms with E-state index in [0.29, 0.717) is 5.82 Å². The van der Waals surface area contributed by atoms with E-state index in [2.05, 4.69) is 4.98 Å². The van der Waals surface area contributed by atoms with Crippen LogP contribution in [-0.2, 0) is 0 Å². The first kappa shape index (κ1) is 9.52. The molecule has 0 aliphatic rings. The van der Waals surface area contributed by atoms with E-state index in [1.807, 2.05) is 30.3 Å². The summed E-state index contributed by atoms with van der Waals surface area (Å²) < 4.78 is 0.759. The van der Waals surface area contributed by atoms with E-state index in [4.69, 9.17) is 0 Å². The Hall–Kier alpha value is -2.03. The van der Waals surface area contributed by atoms with Crippen molar-refractivity contribution in [2.45, 2.75) is 0 Å². The Balaban J connectivity index is 2.12. The Morgan fingerprint density at radius 2 is 1.73 bits per heavy atom. The Morgan fingerprint density at radius 3 is 2.40 bits per heavy atom. The average molecular weight is 198 g/mol. The van der Waals surface area contributed by atoms with Gasteiger partial charge in [0.2, 0.25) is 6.54 Å². The van der Waals surface area contributed by atoms with Gasteiger partial charge in [-0.2, -0.15) is 0 Å². The van der Waals surface area contributed by atoms with E-state index >= 15 is 0 Å². The predicted molar refractivity (Wildman–Crippen MR) is 57.4 cm³/mol. The minimum absolute atomic E-state index is 0.390. The van der Waals surface area contributed by atoms with Crippen molar-refractivity contribution in [1.29, 1.82) is 0 Å². The number of pyridine rings is 1. The molecule has 3 heteroatoms. The monoisotopic (exact) mass is 198 g/mol. The summed E-state index contributed by atoms with van der Waals surface area (Å²) in [6.07, 6.45) is 1.60. The molecule has 0 fully saturated rings. The second-order valence-electron chi connectivity index (χ2n) is 3.05. The fraction of sp³-hybridized carbons (Fsp3) is 0. The lowest BCUT2D eigenvalue weighted by Crippen LogP contribution is -1.99. The van der Waals surface area contributed by atoms with Crippen molar-refractivity contribution in [3.8, 4) is 0 Å². The van der Waals surface area contributed by atoms with Crippen molar-refractivity contribution in [2.75, 3.05) is 0 Å². The van der Waals surface area contributed by atoms with Crippen LogP contribution in [0, 0.1) is 11.5 Å². The lowest BCUT2D eigenvalue weighted by molar-refractivity contribution is -0.416. The first-order chi connectivity index (χ1) is 7.36. The molecule has 0 atom stereocenters. The number of nitrogens with zero attached hydrogens (tertiary/aromatic N) is 2. The molecule has 0 spiro atoms. The second kappa shape index (κ2) is 4.46. The van der Waals surface area contributed by atoms with Gasteiger partial charge in [-0.25, -0.2) is 0 Å². The minimum Gasteiger partial charge on any atom is -0.0643 e. The quantitative estimate of drug-likeness (QED) is 0.710. The molecular weight excluding hydrogens is 188 g/mol. The summed E-state index contributed by atoms with van der Waals surface area (Å²) in [7, 11) is 0. The first-order valence-electron chi connectivity index (χ1n) is 4.63. The lowest BCUT2D eigenvalue weighted by atomic mass is 10.2. The molecule has 0 N–H and O–H groups in total. The van der Waals surface area contributed by atoms with Gasteiger partial charge < -0.3 is 0 Å². The second-order valence-corrected chi connectivity index (χ2v) is 3.05. The van der Waals surface area contributed by atoms with E-state index < -0.39 is 0 Å². The molecule has 0 amide bonds. The number of rotatable bonds is 3. The SMILES string of the molecule is O=[N+]([CH]c1ccccc1)c1ccccn1. The number of hydrogen-bond acceptors (Lipinski definition) is 2. The third kappa shape index (κ3) is 2.47. The highest BCUT2D eigenvalue weighted by Gasteiger charge is 2.13. The number of aromatic nitrogens is 1. The highest BCUT2D eigenvalue weighted by atomic mass is 16.3. The van der Waals surface area contributed by atoms with E-state index in [1.165, 1.54) is 6.54 Å². The molecule has 15 heavy (non-hydrogen) atoms. The zero-order valence-electron chi connectivity index (χ0n) is 8.08. The molecule has 0 saturated heterocycles. The van der Waals surface area contributed by atoms with Crippen molar-refractivity contribution in [3.63, 3.8) is 0 Å². The Morgan fingerprint density at radius 1 is 1.00 bits per heavy atom. The molecule has 2 rings (SSSR count). The van der Waals surface area contributed by atoms with Crippen LogP contribution in [-0.4, -0.2) is 9.74 Å². The molecule has 1 aromatic heterocycles. The molecule has 1 heterocycles. The number of benzene rings is 1. The van der Waals surface area contributed by atoms with Crippen molar-refractivity contribution in [3.05, 3.63) is 71.7 Å². The van der Waals surface area contributed by atoms with Crippen molar-refractivity contribution >= 4 is 5.82 Å². The molecule has 0 aliphatic heterocycles. The number of nitroso groups, excluding NO2 is 1. The molecule has 0 bridgehead atoms. The minimum atomic E-state index is 0.390. The van der Waals surface area contributed by atoms with E-state index in [1.54, 1.807) is 24.4 Å². The van der Waals surface area contributed by atoms with Gasteiger partial charge in [0.15, 0.2) is 0 Å². The van der Waals surface area contributed by atoms with Crippen molar-refractivity contribution in [2.24, 2.45) is 0 Å². The van der Waals surface area contributed by atoms with Crippen LogP contribution >= 0.6 is 0 Å². The summed E-state index contributed by atoms with van der Waals surface area (Å²) in [5.41, 5.74) is 0.859. The first-order valence-corrected chi connectivity index (χ1v) is 4.63. The predicted octanol–water partition coefficient (Wildman–Crippen LogP) is 2.70. The molecular formula is C12H10N2O+. The maximum Gasteiger partial charge on any atom is 0.361 e. The number of hydrogen-bond donors (Lipinski definition) is 0. The molecule has 3 nitrogen and oxygen atoms in total. The van der Waals surface area contributed by atoms with Crippen LogP contribution in [0.2, 0.25) is 0 Å². The topological polar surface area (TPSA) is 33.0 Å². The van der Waals surface area contributed by atoms with Crippen LogP contribution in [0.4, 0.5) is 5.82 Å². The standard InChI is InChI=1S/C12H10N2O/c15-14(12-8-4-5-9-13-12)10-11-6-2-1-3-7-11/h1-10H/q+1. The normalized spacial score (nSPS) is 9.87. The summed E-state index contributed by atoms with van der Waals surface area (Å²) >= 11 is 0. The summed E-state index contributed by atoms with van der Waals surface area (Å²) in [5, 5.41) is 0. The zero-order valence-corrected chi connectivity index (χ0v) is 8.08. The Labute approximate surface area is 88.0 Å². The van der Waals surface area contributed by atoms with Crippen LogP contribution in [0.25, 0.3) is 0 Å². The van der Waals surface area contributed by atoms with E-state index in [-0.39, 0.29) is 0 Å². The van der Waals surface area contributed by atoms with Crippen molar-refractivity contribution in [1.82, 2.24) is 4.98 Å². The molecule has 2 aromatic rings.